The highest BCUT2D eigenvalue weighted by atomic mass is 16.9. The Morgan fingerprint density at radius 1 is 0.765 bits per heavy atom. The van der Waals surface area contributed by atoms with Gasteiger partial charge < -0.3 is 29.4 Å². The van der Waals surface area contributed by atoms with Crippen molar-refractivity contribution in [3.8, 4) is 0 Å². The highest BCUT2D eigenvalue weighted by Gasteiger charge is 2.34. The van der Waals surface area contributed by atoms with E-state index in [1.165, 1.54) is 38.5 Å². The van der Waals surface area contributed by atoms with Gasteiger partial charge >= 0.3 is 0 Å². The zero-order valence-electron chi connectivity index (χ0n) is 21.9. The van der Waals surface area contributed by atoms with Crippen molar-refractivity contribution in [3.05, 3.63) is 29.8 Å². The number of carbonyl (C=O) groups excluding carboxylic acids is 1. The number of ether oxygens (including phenoxy) is 3. The molecule has 0 heterocycles. The highest BCUT2D eigenvalue weighted by Crippen LogP contribution is 2.23. The fourth-order valence-electron chi connectivity index (χ4n) is 3.88. The van der Waals surface area contributed by atoms with Crippen LogP contribution in [0.5, 0.6) is 0 Å². The molecule has 34 heavy (non-hydrogen) atoms. The van der Waals surface area contributed by atoms with Crippen molar-refractivity contribution in [2.45, 2.75) is 110 Å². The molecule has 6 nitrogen and oxygen atoms in total. The van der Waals surface area contributed by atoms with Crippen LogP contribution >= 0.6 is 0 Å². The van der Waals surface area contributed by atoms with E-state index in [0.29, 0.717) is 38.5 Å². The molecule has 0 fully saturated rings. The Kier molecular flexibility index (Phi) is 17.8. The zero-order valence-corrected chi connectivity index (χ0v) is 21.9. The molecule has 1 aromatic carbocycles. The maximum atomic E-state index is 11.5. The number of nitrogens with two attached hydrogens (primary N) is 1. The van der Waals surface area contributed by atoms with E-state index in [4.69, 9.17) is 14.2 Å². The third kappa shape index (κ3) is 13.4. The smallest absolute Gasteiger partial charge is 0.288 e. The molecule has 6 heteroatoms. The first kappa shape index (κ1) is 30.6. The molecule has 0 aliphatic carbocycles. The number of carbonyl (C=O) groups is 1. The molecule has 0 radical (unpaired) electrons. The summed E-state index contributed by atoms with van der Waals surface area (Å²) in [5.41, 5.74) is 0.861. The maximum absolute atomic E-state index is 11.5. The van der Waals surface area contributed by atoms with Crippen LogP contribution in [0.2, 0.25) is 0 Å². The van der Waals surface area contributed by atoms with E-state index < -0.39 is 11.9 Å². The minimum atomic E-state index is -1.16. The van der Waals surface area contributed by atoms with Gasteiger partial charge in [-0.3, -0.25) is 0 Å². The van der Waals surface area contributed by atoms with Crippen molar-refractivity contribution in [3.63, 3.8) is 0 Å². The molecule has 0 saturated heterocycles. The first-order chi connectivity index (χ1) is 16.6. The van der Waals surface area contributed by atoms with Gasteiger partial charge in [0.1, 0.15) is 5.69 Å². The van der Waals surface area contributed by atoms with E-state index >= 15 is 0 Å². The Balaban J connectivity index is 2.82. The van der Waals surface area contributed by atoms with Crippen molar-refractivity contribution in [2.24, 2.45) is 0 Å². The van der Waals surface area contributed by atoms with Crippen LogP contribution in [-0.2, 0) is 14.2 Å². The number of hydrogen-bond donors (Lipinski definition) is 1. The molecule has 0 bridgehead atoms. The van der Waals surface area contributed by atoms with E-state index in [1.54, 1.807) is 18.2 Å². The fourth-order valence-corrected chi connectivity index (χ4v) is 3.88. The number of carboxylic acids is 1. The van der Waals surface area contributed by atoms with Crippen LogP contribution in [0.4, 0.5) is 5.69 Å². The number of aromatic carboxylic acids is 1. The van der Waals surface area contributed by atoms with Gasteiger partial charge in [-0.1, -0.05) is 90.7 Å². The lowest BCUT2D eigenvalue weighted by atomic mass is 10.1. The van der Waals surface area contributed by atoms with Crippen LogP contribution in [0.1, 0.15) is 115 Å². The van der Waals surface area contributed by atoms with E-state index in [0.717, 1.165) is 38.5 Å². The molecule has 0 spiro atoms. The van der Waals surface area contributed by atoms with Crippen molar-refractivity contribution in [2.75, 3.05) is 26.4 Å². The van der Waals surface area contributed by atoms with Crippen molar-refractivity contribution >= 4 is 11.7 Å². The minimum absolute atomic E-state index is 0.203. The summed E-state index contributed by atoms with van der Waals surface area (Å²) in [4.78, 5) is 11.5. The van der Waals surface area contributed by atoms with Gasteiger partial charge in [-0.2, -0.15) is 0 Å². The van der Waals surface area contributed by atoms with Gasteiger partial charge in [0, 0.05) is 0 Å². The summed E-state index contributed by atoms with van der Waals surface area (Å²) in [6, 6.07) is 6.93. The molecular weight excluding hydrogens is 430 g/mol. The summed E-state index contributed by atoms with van der Waals surface area (Å²) in [6.07, 6.45) is 14.0. The number of hydrogen-bond acceptors (Lipinski definition) is 5. The third-order valence-corrected chi connectivity index (χ3v) is 5.96. The number of rotatable bonds is 23. The summed E-state index contributed by atoms with van der Waals surface area (Å²) in [6.45, 7) is 8.97. The third-order valence-electron chi connectivity index (χ3n) is 5.96. The Bertz CT molecular complexity index is 601. The largest absolute Gasteiger partial charge is 0.545 e. The predicted octanol–water partition coefficient (Wildman–Crippen LogP) is 5.08. The average molecular weight is 480 g/mol. The summed E-state index contributed by atoms with van der Waals surface area (Å²) in [5.74, 6) is -2.25. The minimum Gasteiger partial charge on any atom is -0.545 e. The van der Waals surface area contributed by atoms with E-state index in [2.05, 4.69) is 20.8 Å². The molecule has 0 aliphatic rings. The second-order valence-electron chi connectivity index (χ2n) is 9.03. The van der Waals surface area contributed by atoms with Gasteiger partial charge in [0.15, 0.2) is 0 Å². The Morgan fingerprint density at radius 3 is 1.68 bits per heavy atom. The molecule has 0 atom stereocenters. The monoisotopic (exact) mass is 479 g/mol. The maximum Gasteiger partial charge on any atom is 0.288 e. The van der Waals surface area contributed by atoms with Gasteiger partial charge in [0.25, 0.3) is 5.97 Å². The van der Waals surface area contributed by atoms with Gasteiger partial charge in [-0.25, -0.2) is 0 Å². The normalized spacial score (nSPS) is 11.7. The molecule has 0 unspecified atom stereocenters. The Morgan fingerprint density at radius 2 is 1.24 bits per heavy atom. The lowest BCUT2D eigenvalue weighted by Gasteiger charge is -2.33. The molecular formula is C28H49NO5. The first-order valence-electron chi connectivity index (χ1n) is 13.6. The Hall–Kier alpha value is -1.47. The van der Waals surface area contributed by atoms with Crippen LogP contribution < -0.4 is 10.4 Å². The summed E-state index contributed by atoms with van der Waals surface area (Å²) < 4.78 is 18.9. The fraction of sp³-hybridized carbons (Fsp3) is 0.750. The molecule has 1 aromatic rings. The van der Waals surface area contributed by atoms with Crippen LogP contribution in [0.3, 0.4) is 0 Å². The molecule has 0 saturated carbocycles. The number of carboxylic acid groups (broad SMARTS) is 1. The van der Waals surface area contributed by atoms with Crippen molar-refractivity contribution in [1.82, 2.24) is 0 Å². The lowest BCUT2D eigenvalue weighted by Crippen LogP contribution is -2.79. The van der Waals surface area contributed by atoms with Crippen LogP contribution in [0.25, 0.3) is 0 Å². The molecule has 0 aliphatic heterocycles. The van der Waals surface area contributed by atoms with Crippen LogP contribution in [0, 0.1) is 0 Å². The Labute approximate surface area is 207 Å². The van der Waals surface area contributed by atoms with Gasteiger partial charge in [0.2, 0.25) is 0 Å². The number of para-hydroxylation sites is 1. The van der Waals surface area contributed by atoms with Gasteiger partial charge in [-0.05, 0) is 31.4 Å². The van der Waals surface area contributed by atoms with Crippen LogP contribution in [0.15, 0.2) is 24.3 Å². The topological polar surface area (TPSA) is 84.4 Å². The van der Waals surface area contributed by atoms with Crippen molar-refractivity contribution < 1.29 is 29.4 Å². The highest BCUT2D eigenvalue weighted by molar-refractivity contribution is 5.90. The SMILES string of the molecule is CCCCCCOC(CC[NH2+]c1ccccc1C(=O)[O-])(OCCCCCC)OCCCCCC. The molecule has 2 N–H and O–H groups in total. The average Bonchev–Trinajstić information content (AvgIpc) is 2.84. The second kappa shape index (κ2) is 19.8. The van der Waals surface area contributed by atoms with Crippen molar-refractivity contribution in [1.29, 1.82) is 0 Å². The lowest BCUT2D eigenvalue weighted by molar-refractivity contribution is -0.581. The summed E-state index contributed by atoms with van der Waals surface area (Å²) in [7, 11) is 0. The quantitative estimate of drug-likeness (QED) is 0.134. The molecule has 1 rings (SSSR count). The van der Waals surface area contributed by atoms with Crippen LogP contribution in [-0.4, -0.2) is 38.3 Å². The predicted molar refractivity (Wildman–Crippen MR) is 135 cm³/mol. The number of unbranched alkanes of at least 4 members (excludes halogenated alkanes) is 9. The summed E-state index contributed by atoms with van der Waals surface area (Å²) >= 11 is 0. The van der Waals surface area contributed by atoms with E-state index in [-0.39, 0.29) is 5.56 Å². The molecule has 196 valence electrons. The standard InChI is InChI=1S/C28H49NO5/c1-4-7-10-15-22-32-28(33-23-16-11-8-5-2,34-24-17-12-9-6-3)20-21-29-26-19-14-13-18-25(26)27(30)31/h13-14,18-19,29H,4-12,15-17,20-24H2,1-3H3,(H,30,31). The van der Waals surface area contributed by atoms with Gasteiger partial charge in [0.05, 0.1) is 44.3 Å². The zero-order chi connectivity index (χ0) is 24.9. The molecule has 0 amide bonds. The summed E-state index contributed by atoms with van der Waals surface area (Å²) in [5, 5.41) is 13.4. The first-order valence-corrected chi connectivity index (χ1v) is 13.6. The second-order valence-corrected chi connectivity index (χ2v) is 9.03. The number of quaternary nitrogens is 1. The van der Waals surface area contributed by atoms with E-state index in [9.17, 15) is 9.90 Å². The van der Waals surface area contributed by atoms with E-state index in [1.807, 2.05) is 11.4 Å². The molecule has 0 aromatic heterocycles. The number of benzene rings is 1. The van der Waals surface area contributed by atoms with Gasteiger partial charge in [-0.15, -0.1) is 0 Å².